The van der Waals surface area contributed by atoms with Gasteiger partial charge in [-0.1, -0.05) is 75.4 Å². The smallest absolute Gasteiger partial charge is 0.296 e. The molecule has 0 aliphatic carbocycles. The molecule has 33 heavy (non-hydrogen) atoms. The maximum atomic E-state index is 12.9. The van der Waals surface area contributed by atoms with Crippen molar-refractivity contribution in [2.45, 2.75) is 46.0 Å². The van der Waals surface area contributed by atoms with Gasteiger partial charge in [0.2, 0.25) is 4.96 Å². The first-order chi connectivity index (χ1) is 15.7. The molecule has 170 valence electrons. The van der Waals surface area contributed by atoms with Crippen molar-refractivity contribution >= 4 is 22.4 Å². The van der Waals surface area contributed by atoms with Crippen LogP contribution in [0.5, 0.6) is 5.75 Å². The highest BCUT2D eigenvalue weighted by atomic mass is 32.1. The Morgan fingerprint density at radius 1 is 1.03 bits per heavy atom. The average molecular weight is 462 g/mol. The predicted octanol–water partition coefficient (Wildman–Crippen LogP) is 3.74. The van der Waals surface area contributed by atoms with Gasteiger partial charge < -0.3 is 4.74 Å². The summed E-state index contributed by atoms with van der Waals surface area (Å²) >= 11 is 1.17. The summed E-state index contributed by atoms with van der Waals surface area (Å²) in [6.07, 6.45) is 3.05. The lowest BCUT2D eigenvalue weighted by molar-refractivity contribution is 0.317. The van der Waals surface area contributed by atoms with E-state index in [4.69, 9.17) is 4.74 Å². The molecule has 0 bridgehead atoms. The van der Waals surface area contributed by atoms with Gasteiger partial charge in [0.15, 0.2) is 0 Å². The fourth-order valence-electron chi connectivity index (χ4n) is 3.40. The van der Waals surface area contributed by atoms with E-state index in [0.717, 1.165) is 23.3 Å². The Morgan fingerprint density at radius 3 is 2.36 bits per heavy atom. The van der Waals surface area contributed by atoms with Crippen LogP contribution >= 0.6 is 11.3 Å². The molecule has 6 nitrogen and oxygen atoms in total. The average Bonchev–Trinajstić information content (AvgIpc) is 3.07. The Bertz CT molecular complexity index is 1430. The standard InChI is InChI=1S/C26H27N3O3S/c1-5-14-32-20-12-8-17(9-13-20)15-21-23(30)27-25-29(28-21)24(31)22(33-25)16-18-6-10-19(11-7-18)26(2,3)4/h6-13,16H,5,14-15H2,1-4H3. The van der Waals surface area contributed by atoms with Gasteiger partial charge in [-0.25, -0.2) is 0 Å². The fourth-order valence-corrected chi connectivity index (χ4v) is 4.30. The fraction of sp³-hybridized carbons (Fsp3) is 0.308. The molecule has 7 heteroatoms. The second kappa shape index (κ2) is 9.27. The lowest BCUT2D eigenvalue weighted by Gasteiger charge is -2.18. The van der Waals surface area contributed by atoms with Gasteiger partial charge in [0.1, 0.15) is 11.4 Å². The largest absolute Gasteiger partial charge is 0.494 e. The molecule has 0 fully saturated rings. The zero-order chi connectivity index (χ0) is 23.6. The second-order valence-electron chi connectivity index (χ2n) is 9.02. The van der Waals surface area contributed by atoms with Gasteiger partial charge in [0, 0.05) is 6.42 Å². The van der Waals surface area contributed by atoms with Gasteiger partial charge in [-0.3, -0.25) is 9.59 Å². The molecule has 0 atom stereocenters. The zero-order valence-electron chi connectivity index (χ0n) is 19.3. The molecule has 0 radical (unpaired) electrons. The number of fused-ring (bicyclic) bond motifs is 1. The number of thiazole rings is 1. The Kier molecular flexibility index (Phi) is 6.42. The van der Waals surface area contributed by atoms with Crippen molar-refractivity contribution in [3.63, 3.8) is 0 Å². The summed E-state index contributed by atoms with van der Waals surface area (Å²) in [7, 11) is 0. The maximum absolute atomic E-state index is 12.9. The molecule has 4 aromatic rings. The van der Waals surface area contributed by atoms with Crippen LogP contribution in [0.3, 0.4) is 0 Å². The van der Waals surface area contributed by atoms with Crippen LogP contribution in [0.4, 0.5) is 0 Å². The first-order valence-corrected chi connectivity index (χ1v) is 11.8. The van der Waals surface area contributed by atoms with Gasteiger partial charge >= 0.3 is 0 Å². The highest BCUT2D eigenvalue weighted by Crippen LogP contribution is 2.22. The molecule has 4 rings (SSSR count). The Hall–Kier alpha value is -3.32. The molecule has 2 aromatic carbocycles. The van der Waals surface area contributed by atoms with Crippen LogP contribution in [0.1, 0.15) is 56.5 Å². The molecule has 0 aliphatic heterocycles. The molecular formula is C26H27N3O3S. The lowest BCUT2D eigenvalue weighted by atomic mass is 9.87. The summed E-state index contributed by atoms with van der Waals surface area (Å²) in [4.78, 5) is 29.9. The molecule has 2 heterocycles. The summed E-state index contributed by atoms with van der Waals surface area (Å²) in [5.41, 5.74) is 2.66. The van der Waals surface area contributed by atoms with E-state index in [-0.39, 0.29) is 16.7 Å². The Labute approximate surface area is 196 Å². The van der Waals surface area contributed by atoms with E-state index >= 15 is 0 Å². The van der Waals surface area contributed by atoms with Crippen LogP contribution in [0, 0.1) is 0 Å². The number of ether oxygens (including phenoxy) is 1. The normalized spacial score (nSPS) is 12.4. The quantitative estimate of drug-likeness (QED) is 0.437. The third-order valence-corrected chi connectivity index (χ3v) is 6.25. The number of benzene rings is 2. The van der Waals surface area contributed by atoms with Crippen molar-refractivity contribution < 1.29 is 4.74 Å². The van der Waals surface area contributed by atoms with Crippen LogP contribution in [0.25, 0.3) is 11.0 Å². The molecular weight excluding hydrogens is 434 g/mol. The van der Waals surface area contributed by atoms with E-state index in [0.29, 0.717) is 22.5 Å². The van der Waals surface area contributed by atoms with E-state index in [9.17, 15) is 9.59 Å². The van der Waals surface area contributed by atoms with Crippen molar-refractivity contribution in [2.75, 3.05) is 6.61 Å². The van der Waals surface area contributed by atoms with Gasteiger partial charge in [-0.05, 0) is 46.7 Å². The van der Waals surface area contributed by atoms with E-state index in [1.54, 1.807) is 0 Å². The zero-order valence-corrected chi connectivity index (χ0v) is 20.1. The number of nitrogens with zero attached hydrogens (tertiary/aromatic N) is 3. The molecule has 2 aromatic heterocycles. The van der Waals surface area contributed by atoms with Crippen molar-refractivity contribution in [1.82, 2.24) is 14.6 Å². The van der Waals surface area contributed by atoms with Crippen molar-refractivity contribution in [1.29, 1.82) is 0 Å². The minimum absolute atomic E-state index is 0.0628. The first kappa shape index (κ1) is 22.9. The van der Waals surface area contributed by atoms with Crippen molar-refractivity contribution in [2.24, 2.45) is 0 Å². The van der Waals surface area contributed by atoms with E-state index < -0.39 is 5.56 Å². The van der Waals surface area contributed by atoms with Gasteiger partial charge in [0.05, 0.1) is 11.1 Å². The summed E-state index contributed by atoms with van der Waals surface area (Å²) < 4.78 is 7.32. The van der Waals surface area contributed by atoms with Crippen molar-refractivity contribution in [3.05, 3.63) is 96.2 Å². The Balaban J connectivity index is 1.64. The minimum Gasteiger partial charge on any atom is -0.494 e. The maximum Gasteiger partial charge on any atom is 0.296 e. The Morgan fingerprint density at radius 2 is 1.73 bits per heavy atom. The van der Waals surface area contributed by atoms with Crippen LogP contribution in [-0.2, 0) is 11.8 Å². The van der Waals surface area contributed by atoms with E-state index in [2.05, 4.69) is 49.9 Å². The number of hydrogen-bond donors (Lipinski definition) is 0. The van der Waals surface area contributed by atoms with E-state index in [1.165, 1.54) is 21.4 Å². The summed E-state index contributed by atoms with van der Waals surface area (Å²) in [5.74, 6) is 0.786. The van der Waals surface area contributed by atoms with Crippen LogP contribution in [-0.4, -0.2) is 21.2 Å². The number of rotatable bonds is 6. The van der Waals surface area contributed by atoms with Crippen molar-refractivity contribution in [3.8, 4) is 5.75 Å². The molecule has 0 amide bonds. The third-order valence-electron chi connectivity index (χ3n) is 5.29. The molecule has 0 saturated heterocycles. The van der Waals surface area contributed by atoms with Crippen LogP contribution in [0.15, 0.2) is 58.1 Å². The molecule has 0 aliphatic rings. The third kappa shape index (κ3) is 5.20. The van der Waals surface area contributed by atoms with Crippen LogP contribution < -0.4 is 20.4 Å². The number of hydrogen-bond acceptors (Lipinski definition) is 6. The second-order valence-corrected chi connectivity index (χ2v) is 10.0. The molecule has 0 spiro atoms. The molecule has 0 saturated carbocycles. The predicted molar refractivity (Wildman–Crippen MR) is 132 cm³/mol. The monoisotopic (exact) mass is 461 g/mol. The minimum atomic E-state index is -0.413. The van der Waals surface area contributed by atoms with Gasteiger partial charge in [-0.2, -0.15) is 14.6 Å². The summed E-state index contributed by atoms with van der Waals surface area (Å²) in [6, 6.07) is 15.7. The summed E-state index contributed by atoms with van der Waals surface area (Å²) in [6.45, 7) is 9.20. The highest BCUT2D eigenvalue weighted by Gasteiger charge is 2.14. The first-order valence-electron chi connectivity index (χ1n) is 11.0. The van der Waals surface area contributed by atoms with Gasteiger partial charge in [0.25, 0.3) is 11.1 Å². The molecule has 0 N–H and O–H groups in total. The highest BCUT2D eigenvalue weighted by molar-refractivity contribution is 7.15. The number of aromatic nitrogens is 3. The van der Waals surface area contributed by atoms with Crippen LogP contribution in [0.2, 0.25) is 0 Å². The lowest BCUT2D eigenvalue weighted by Crippen LogP contribution is -2.28. The van der Waals surface area contributed by atoms with Gasteiger partial charge in [-0.15, -0.1) is 0 Å². The molecule has 0 unspecified atom stereocenters. The van der Waals surface area contributed by atoms with E-state index in [1.807, 2.05) is 42.5 Å². The topological polar surface area (TPSA) is 73.6 Å². The SMILES string of the molecule is CCCOc1ccc(Cc2nn3c(=O)c(=Cc4ccc(C(C)(C)C)cc4)sc3nc2=O)cc1. The summed E-state index contributed by atoms with van der Waals surface area (Å²) in [5, 5.41) is 4.34.